The highest BCUT2D eigenvalue weighted by atomic mass is 35.5. The van der Waals surface area contributed by atoms with Crippen LogP contribution < -0.4 is 5.73 Å². The number of rotatable bonds is 3. The average molecular weight is 208 g/mol. The van der Waals surface area contributed by atoms with Crippen LogP contribution in [-0.2, 0) is 4.79 Å². The van der Waals surface area contributed by atoms with Gasteiger partial charge in [-0.25, -0.2) is 0 Å². The lowest BCUT2D eigenvalue weighted by atomic mass is 10.2. The van der Waals surface area contributed by atoms with Crippen molar-refractivity contribution in [1.82, 2.24) is 0 Å². The van der Waals surface area contributed by atoms with Crippen LogP contribution in [0.15, 0.2) is 48.6 Å². The zero-order valence-electron chi connectivity index (χ0n) is 7.48. The Hall–Kier alpha value is -1.54. The SMILES string of the molecule is NC(=O)/C=C/C=C(/Cl)c1ccccc1. The maximum absolute atomic E-state index is 10.4. The van der Waals surface area contributed by atoms with Gasteiger partial charge in [0.05, 0.1) is 0 Å². The van der Waals surface area contributed by atoms with Crippen LogP contribution in [0.25, 0.3) is 5.03 Å². The number of hydrogen-bond acceptors (Lipinski definition) is 1. The molecule has 0 bridgehead atoms. The number of amides is 1. The topological polar surface area (TPSA) is 43.1 Å². The number of carbonyl (C=O) groups excluding carboxylic acids is 1. The van der Waals surface area contributed by atoms with Crippen LogP contribution in [0.4, 0.5) is 0 Å². The molecule has 1 aromatic carbocycles. The molecule has 0 unspecified atom stereocenters. The van der Waals surface area contributed by atoms with E-state index in [9.17, 15) is 4.79 Å². The van der Waals surface area contributed by atoms with E-state index in [-0.39, 0.29) is 0 Å². The first-order chi connectivity index (χ1) is 6.70. The summed E-state index contributed by atoms with van der Waals surface area (Å²) in [5.41, 5.74) is 5.83. The van der Waals surface area contributed by atoms with Gasteiger partial charge < -0.3 is 5.73 Å². The van der Waals surface area contributed by atoms with E-state index in [1.807, 2.05) is 30.3 Å². The molecule has 1 rings (SSSR count). The molecule has 0 aliphatic heterocycles. The van der Waals surface area contributed by atoms with Crippen LogP contribution >= 0.6 is 11.6 Å². The quantitative estimate of drug-likeness (QED) is 0.600. The van der Waals surface area contributed by atoms with Gasteiger partial charge >= 0.3 is 0 Å². The first kappa shape index (κ1) is 10.5. The molecular weight excluding hydrogens is 198 g/mol. The Labute approximate surface area is 87.7 Å². The molecule has 0 fully saturated rings. The van der Waals surface area contributed by atoms with Crippen molar-refractivity contribution in [1.29, 1.82) is 0 Å². The zero-order chi connectivity index (χ0) is 10.4. The van der Waals surface area contributed by atoms with Crippen molar-refractivity contribution < 1.29 is 4.79 Å². The Kier molecular flexibility index (Phi) is 3.95. The number of hydrogen-bond donors (Lipinski definition) is 1. The van der Waals surface area contributed by atoms with Crippen LogP contribution in [0, 0.1) is 0 Å². The van der Waals surface area contributed by atoms with Gasteiger partial charge in [0.15, 0.2) is 0 Å². The van der Waals surface area contributed by atoms with Crippen molar-refractivity contribution in [2.45, 2.75) is 0 Å². The van der Waals surface area contributed by atoms with Gasteiger partial charge in [-0.2, -0.15) is 0 Å². The average Bonchev–Trinajstić information content (AvgIpc) is 2.18. The summed E-state index contributed by atoms with van der Waals surface area (Å²) in [6, 6.07) is 9.47. The number of allylic oxidation sites excluding steroid dienone is 2. The normalized spacial score (nSPS) is 11.9. The van der Waals surface area contributed by atoms with Crippen molar-refractivity contribution in [3.8, 4) is 0 Å². The van der Waals surface area contributed by atoms with E-state index in [4.69, 9.17) is 17.3 Å². The molecule has 2 nitrogen and oxygen atoms in total. The summed E-state index contributed by atoms with van der Waals surface area (Å²) in [6.45, 7) is 0. The fraction of sp³-hybridized carbons (Fsp3) is 0. The van der Waals surface area contributed by atoms with Gasteiger partial charge in [0.2, 0.25) is 5.91 Å². The van der Waals surface area contributed by atoms with Crippen LogP contribution in [-0.4, -0.2) is 5.91 Å². The number of nitrogens with two attached hydrogens (primary N) is 1. The fourth-order valence-corrected chi connectivity index (χ4v) is 1.12. The van der Waals surface area contributed by atoms with Gasteiger partial charge in [-0.1, -0.05) is 48.0 Å². The highest BCUT2D eigenvalue weighted by molar-refractivity contribution is 6.48. The smallest absolute Gasteiger partial charge is 0.241 e. The first-order valence-electron chi connectivity index (χ1n) is 4.09. The molecule has 0 saturated heterocycles. The fourth-order valence-electron chi connectivity index (χ4n) is 0.921. The standard InChI is InChI=1S/C11H10ClNO/c12-10(7-4-8-11(13)14)9-5-2-1-3-6-9/h1-8H,(H2,13,14)/b8-4+,10-7+. The molecule has 14 heavy (non-hydrogen) atoms. The van der Waals surface area contributed by atoms with Gasteiger partial charge in [0.25, 0.3) is 0 Å². The third-order valence-electron chi connectivity index (χ3n) is 1.55. The third kappa shape index (κ3) is 3.46. The summed E-state index contributed by atoms with van der Waals surface area (Å²) in [6.07, 6.45) is 4.41. The Morgan fingerprint density at radius 1 is 1.29 bits per heavy atom. The maximum atomic E-state index is 10.4. The van der Waals surface area contributed by atoms with E-state index in [1.54, 1.807) is 6.08 Å². The van der Waals surface area contributed by atoms with E-state index in [1.165, 1.54) is 12.2 Å². The Morgan fingerprint density at radius 3 is 2.50 bits per heavy atom. The van der Waals surface area contributed by atoms with E-state index < -0.39 is 5.91 Å². The predicted molar refractivity (Wildman–Crippen MR) is 58.6 cm³/mol. The lowest BCUT2D eigenvalue weighted by Gasteiger charge is -1.95. The predicted octanol–water partition coefficient (Wildman–Crippen LogP) is 2.31. The lowest BCUT2D eigenvalue weighted by molar-refractivity contribution is -0.113. The minimum absolute atomic E-state index is 0.487. The molecule has 0 aromatic heterocycles. The highest BCUT2D eigenvalue weighted by Gasteiger charge is 1.93. The van der Waals surface area contributed by atoms with Crippen LogP contribution in [0.3, 0.4) is 0 Å². The second-order valence-electron chi connectivity index (χ2n) is 2.64. The first-order valence-corrected chi connectivity index (χ1v) is 4.46. The maximum Gasteiger partial charge on any atom is 0.241 e. The molecule has 1 amide bonds. The molecule has 1 aromatic rings. The summed E-state index contributed by atoms with van der Waals surface area (Å²) in [5, 5.41) is 0.572. The van der Waals surface area contributed by atoms with Crippen molar-refractivity contribution in [2.24, 2.45) is 5.73 Å². The Bertz CT molecular complexity index is 368. The summed E-state index contributed by atoms with van der Waals surface area (Å²) in [4.78, 5) is 10.4. The summed E-state index contributed by atoms with van der Waals surface area (Å²) in [7, 11) is 0. The molecule has 2 N–H and O–H groups in total. The Morgan fingerprint density at radius 2 is 1.93 bits per heavy atom. The highest BCUT2D eigenvalue weighted by Crippen LogP contribution is 2.17. The van der Waals surface area contributed by atoms with Gasteiger partial charge in [0.1, 0.15) is 0 Å². The third-order valence-corrected chi connectivity index (χ3v) is 1.90. The summed E-state index contributed by atoms with van der Waals surface area (Å²) in [5.74, 6) is -0.487. The lowest BCUT2D eigenvalue weighted by Crippen LogP contribution is -2.04. The van der Waals surface area contributed by atoms with Crippen molar-refractivity contribution in [3.63, 3.8) is 0 Å². The van der Waals surface area contributed by atoms with Gasteiger partial charge in [0, 0.05) is 11.1 Å². The molecule has 0 heterocycles. The molecule has 0 aliphatic rings. The van der Waals surface area contributed by atoms with E-state index >= 15 is 0 Å². The molecular formula is C11H10ClNO. The van der Waals surface area contributed by atoms with E-state index in [0.717, 1.165) is 5.56 Å². The minimum Gasteiger partial charge on any atom is -0.366 e. The number of carbonyl (C=O) groups is 1. The van der Waals surface area contributed by atoms with Gasteiger partial charge in [-0.15, -0.1) is 0 Å². The minimum atomic E-state index is -0.487. The molecule has 0 radical (unpaired) electrons. The second kappa shape index (κ2) is 5.25. The van der Waals surface area contributed by atoms with E-state index in [2.05, 4.69) is 0 Å². The monoisotopic (exact) mass is 207 g/mol. The van der Waals surface area contributed by atoms with Crippen molar-refractivity contribution in [3.05, 3.63) is 54.1 Å². The molecule has 3 heteroatoms. The molecule has 0 aliphatic carbocycles. The van der Waals surface area contributed by atoms with Gasteiger partial charge in [-0.05, 0) is 11.6 Å². The summed E-state index contributed by atoms with van der Waals surface area (Å²) >= 11 is 5.95. The zero-order valence-corrected chi connectivity index (χ0v) is 8.24. The molecule has 0 spiro atoms. The van der Waals surface area contributed by atoms with Gasteiger partial charge in [-0.3, -0.25) is 4.79 Å². The number of halogens is 1. The molecule has 0 atom stereocenters. The molecule has 0 saturated carbocycles. The van der Waals surface area contributed by atoms with Crippen LogP contribution in [0.1, 0.15) is 5.56 Å². The van der Waals surface area contributed by atoms with E-state index in [0.29, 0.717) is 5.03 Å². The largest absolute Gasteiger partial charge is 0.366 e. The van der Waals surface area contributed by atoms with Crippen molar-refractivity contribution >= 4 is 22.5 Å². The Balaban J connectivity index is 2.75. The van der Waals surface area contributed by atoms with Crippen LogP contribution in [0.5, 0.6) is 0 Å². The number of benzene rings is 1. The van der Waals surface area contributed by atoms with Crippen molar-refractivity contribution in [2.75, 3.05) is 0 Å². The molecule has 72 valence electrons. The number of primary amides is 1. The summed E-state index contributed by atoms with van der Waals surface area (Å²) < 4.78 is 0. The second-order valence-corrected chi connectivity index (χ2v) is 3.05. The van der Waals surface area contributed by atoms with Crippen LogP contribution in [0.2, 0.25) is 0 Å².